The van der Waals surface area contributed by atoms with E-state index in [0.29, 0.717) is 18.9 Å². The zero-order valence-corrected chi connectivity index (χ0v) is 12.4. The molecule has 1 fully saturated rings. The first kappa shape index (κ1) is 15.9. The Labute approximate surface area is 126 Å². The van der Waals surface area contributed by atoms with Crippen molar-refractivity contribution < 1.29 is 9.90 Å². The fourth-order valence-corrected chi connectivity index (χ4v) is 2.76. The van der Waals surface area contributed by atoms with Gasteiger partial charge in [0.15, 0.2) is 0 Å². The van der Waals surface area contributed by atoms with Gasteiger partial charge in [-0.15, -0.1) is 0 Å². The number of nitrogens with one attached hydrogen (secondary N) is 1. The number of benzene rings is 1. The first-order valence-corrected chi connectivity index (χ1v) is 7.63. The Balaban J connectivity index is 1.76. The van der Waals surface area contributed by atoms with Crippen molar-refractivity contribution in [3.05, 3.63) is 29.8 Å². The second-order valence-electron chi connectivity index (χ2n) is 5.69. The lowest BCUT2D eigenvalue weighted by Gasteiger charge is -2.31. The highest BCUT2D eigenvalue weighted by atomic mass is 16.3. The van der Waals surface area contributed by atoms with Crippen molar-refractivity contribution in [1.82, 2.24) is 4.90 Å². The van der Waals surface area contributed by atoms with Crippen molar-refractivity contribution >= 4 is 11.6 Å². The topological polar surface area (TPSA) is 78.6 Å². The van der Waals surface area contributed by atoms with Crippen LogP contribution in [-0.2, 0) is 11.3 Å². The van der Waals surface area contributed by atoms with Gasteiger partial charge in [-0.25, -0.2) is 0 Å². The van der Waals surface area contributed by atoms with Crippen LogP contribution in [0.2, 0.25) is 0 Å². The Bertz CT molecular complexity index is 465. The maximum absolute atomic E-state index is 12.0. The van der Waals surface area contributed by atoms with E-state index in [2.05, 4.69) is 10.2 Å². The predicted octanol–water partition coefficient (Wildman–Crippen LogP) is 1.18. The van der Waals surface area contributed by atoms with Gasteiger partial charge in [0.05, 0.1) is 0 Å². The molecule has 4 N–H and O–H groups in total. The van der Waals surface area contributed by atoms with Crippen LogP contribution in [0.5, 0.6) is 0 Å². The molecule has 1 unspecified atom stereocenters. The summed E-state index contributed by atoms with van der Waals surface area (Å²) in [5.74, 6) is 0.387. The highest BCUT2D eigenvalue weighted by Gasteiger charge is 2.19. The molecule has 21 heavy (non-hydrogen) atoms. The third kappa shape index (κ3) is 5.12. The molecule has 5 heteroatoms. The maximum atomic E-state index is 12.0. The first-order valence-electron chi connectivity index (χ1n) is 7.63. The number of anilines is 1. The van der Waals surface area contributed by atoms with Gasteiger partial charge in [-0.2, -0.15) is 0 Å². The smallest absolute Gasteiger partial charge is 0.225 e. The Kier molecular flexibility index (Phi) is 6.17. The van der Waals surface area contributed by atoms with Gasteiger partial charge >= 0.3 is 0 Å². The lowest BCUT2D eigenvalue weighted by atomic mass is 9.99. The summed E-state index contributed by atoms with van der Waals surface area (Å²) in [7, 11) is 0. The average molecular weight is 291 g/mol. The van der Waals surface area contributed by atoms with E-state index in [0.717, 1.165) is 43.7 Å². The fourth-order valence-electron chi connectivity index (χ4n) is 2.76. The van der Waals surface area contributed by atoms with Crippen LogP contribution < -0.4 is 11.1 Å². The molecule has 1 aliphatic heterocycles. The third-order valence-electron chi connectivity index (χ3n) is 3.96. The van der Waals surface area contributed by atoms with Gasteiger partial charge in [-0.1, -0.05) is 12.1 Å². The van der Waals surface area contributed by atoms with Gasteiger partial charge < -0.3 is 21.1 Å². The van der Waals surface area contributed by atoms with E-state index in [1.165, 1.54) is 0 Å². The number of hydrogen-bond acceptors (Lipinski definition) is 4. The largest absolute Gasteiger partial charge is 0.396 e. The van der Waals surface area contributed by atoms with Crippen molar-refractivity contribution in [3.63, 3.8) is 0 Å². The van der Waals surface area contributed by atoms with Crippen LogP contribution in [0.1, 0.15) is 24.8 Å². The number of aliphatic hydroxyl groups is 1. The molecule has 1 heterocycles. The van der Waals surface area contributed by atoms with Gasteiger partial charge in [0.1, 0.15) is 0 Å². The van der Waals surface area contributed by atoms with Crippen molar-refractivity contribution in [1.29, 1.82) is 0 Å². The third-order valence-corrected chi connectivity index (χ3v) is 3.96. The van der Waals surface area contributed by atoms with Gasteiger partial charge in [-0.05, 0) is 43.0 Å². The van der Waals surface area contributed by atoms with E-state index in [-0.39, 0.29) is 12.5 Å². The Morgan fingerprint density at radius 1 is 1.48 bits per heavy atom. The summed E-state index contributed by atoms with van der Waals surface area (Å²) in [6.07, 6.45) is 2.67. The lowest BCUT2D eigenvalue weighted by molar-refractivity contribution is -0.116. The van der Waals surface area contributed by atoms with Crippen molar-refractivity contribution in [2.75, 3.05) is 31.6 Å². The summed E-state index contributed by atoms with van der Waals surface area (Å²) in [5.41, 5.74) is 7.40. The molecular formula is C16H25N3O2. The molecule has 0 aromatic heterocycles. The van der Waals surface area contributed by atoms with Crippen LogP contribution in [0.15, 0.2) is 24.3 Å². The standard InChI is InChI=1S/C16H25N3O2/c17-10-13-3-1-5-15(9-13)18-16(21)6-8-19-7-2-4-14(11-19)12-20/h1,3,5,9,14,20H,2,4,6-8,10-12,17H2,(H,18,21). The molecule has 1 atom stereocenters. The number of rotatable bonds is 6. The summed E-state index contributed by atoms with van der Waals surface area (Å²) >= 11 is 0. The van der Waals surface area contributed by atoms with Gasteiger partial charge in [0, 0.05) is 38.3 Å². The SMILES string of the molecule is NCc1cccc(NC(=O)CCN2CCCC(CO)C2)c1. The quantitative estimate of drug-likeness (QED) is 0.735. The molecule has 0 saturated carbocycles. The number of nitrogens with two attached hydrogens (primary N) is 1. The van der Waals surface area contributed by atoms with Crippen LogP contribution in [0, 0.1) is 5.92 Å². The zero-order valence-electron chi connectivity index (χ0n) is 12.4. The molecule has 5 nitrogen and oxygen atoms in total. The minimum Gasteiger partial charge on any atom is -0.396 e. The normalized spacial score (nSPS) is 19.4. The number of aliphatic hydroxyl groups excluding tert-OH is 1. The van der Waals surface area contributed by atoms with Gasteiger partial charge in [-0.3, -0.25) is 4.79 Å². The number of hydrogen-bond donors (Lipinski definition) is 3. The minimum atomic E-state index is 0.0234. The van der Waals surface area contributed by atoms with E-state index in [9.17, 15) is 9.90 Å². The number of carbonyl (C=O) groups excluding carboxylic acids is 1. The van der Waals surface area contributed by atoms with Crippen molar-refractivity contribution in [3.8, 4) is 0 Å². The molecular weight excluding hydrogens is 266 g/mol. The molecule has 2 rings (SSSR count). The van der Waals surface area contributed by atoms with E-state index >= 15 is 0 Å². The summed E-state index contributed by atoms with van der Waals surface area (Å²) in [5, 5.41) is 12.1. The number of carbonyl (C=O) groups is 1. The van der Waals surface area contributed by atoms with E-state index in [1.54, 1.807) is 0 Å². The Morgan fingerprint density at radius 3 is 3.10 bits per heavy atom. The van der Waals surface area contributed by atoms with Crippen LogP contribution in [0.25, 0.3) is 0 Å². The number of amides is 1. The molecule has 0 radical (unpaired) electrons. The minimum absolute atomic E-state index is 0.0234. The maximum Gasteiger partial charge on any atom is 0.225 e. The molecule has 1 aromatic rings. The molecule has 0 spiro atoms. The van der Waals surface area contributed by atoms with Crippen LogP contribution in [-0.4, -0.2) is 42.2 Å². The average Bonchev–Trinajstić information content (AvgIpc) is 2.53. The molecule has 1 aliphatic rings. The highest BCUT2D eigenvalue weighted by molar-refractivity contribution is 5.90. The molecule has 116 valence electrons. The number of nitrogens with zero attached hydrogens (tertiary/aromatic N) is 1. The fraction of sp³-hybridized carbons (Fsp3) is 0.562. The van der Waals surface area contributed by atoms with Crippen molar-refractivity contribution in [2.45, 2.75) is 25.8 Å². The van der Waals surface area contributed by atoms with E-state index < -0.39 is 0 Å². The van der Waals surface area contributed by atoms with Crippen LogP contribution in [0.4, 0.5) is 5.69 Å². The number of likely N-dealkylation sites (tertiary alicyclic amines) is 1. The summed E-state index contributed by atoms with van der Waals surface area (Å²) in [4.78, 5) is 14.3. The zero-order chi connectivity index (χ0) is 15.1. The highest BCUT2D eigenvalue weighted by Crippen LogP contribution is 2.16. The first-order chi connectivity index (χ1) is 10.2. The Hall–Kier alpha value is -1.43. The van der Waals surface area contributed by atoms with Gasteiger partial charge in [0.25, 0.3) is 0 Å². The second kappa shape index (κ2) is 8.12. The summed E-state index contributed by atoms with van der Waals surface area (Å²) in [6, 6.07) is 7.62. The second-order valence-corrected chi connectivity index (χ2v) is 5.69. The summed E-state index contributed by atoms with van der Waals surface area (Å²) in [6.45, 7) is 3.38. The molecule has 1 saturated heterocycles. The van der Waals surface area contributed by atoms with Crippen LogP contribution >= 0.6 is 0 Å². The summed E-state index contributed by atoms with van der Waals surface area (Å²) < 4.78 is 0. The Morgan fingerprint density at radius 2 is 2.33 bits per heavy atom. The number of piperidine rings is 1. The van der Waals surface area contributed by atoms with E-state index in [1.807, 2.05) is 24.3 Å². The molecule has 0 bridgehead atoms. The predicted molar refractivity (Wildman–Crippen MR) is 83.8 cm³/mol. The van der Waals surface area contributed by atoms with Gasteiger partial charge in [0.2, 0.25) is 5.91 Å². The van der Waals surface area contributed by atoms with Crippen LogP contribution in [0.3, 0.4) is 0 Å². The van der Waals surface area contributed by atoms with E-state index in [4.69, 9.17) is 5.73 Å². The molecule has 1 aromatic carbocycles. The lowest BCUT2D eigenvalue weighted by Crippen LogP contribution is -2.38. The molecule has 0 aliphatic carbocycles. The van der Waals surface area contributed by atoms with Crippen molar-refractivity contribution in [2.24, 2.45) is 11.7 Å². The molecule has 1 amide bonds. The monoisotopic (exact) mass is 291 g/mol.